The van der Waals surface area contributed by atoms with Gasteiger partial charge in [0, 0.05) is 19.6 Å². The second-order valence-corrected chi connectivity index (χ2v) is 4.19. The van der Waals surface area contributed by atoms with Crippen molar-refractivity contribution in [3.63, 3.8) is 0 Å². The van der Waals surface area contributed by atoms with E-state index < -0.39 is 6.17 Å². The van der Waals surface area contributed by atoms with Gasteiger partial charge in [0.2, 0.25) is 5.91 Å². The Hall–Kier alpha value is -0.640. The molecule has 0 aromatic heterocycles. The summed E-state index contributed by atoms with van der Waals surface area (Å²) < 4.78 is 12.8. The zero-order chi connectivity index (χ0) is 9.97. The molecule has 1 amide bonds. The van der Waals surface area contributed by atoms with Gasteiger partial charge in [0.15, 0.2) is 0 Å². The number of hydrogen-bond donors (Lipinski definition) is 1. The number of alkyl halides is 1. The van der Waals surface area contributed by atoms with E-state index in [1.165, 1.54) is 0 Å². The van der Waals surface area contributed by atoms with Crippen LogP contribution in [0.3, 0.4) is 0 Å². The second-order valence-electron chi connectivity index (χ2n) is 4.19. The summed E-state index contributed by atoms with van der Waals surface area (Å²) in [5, 5.41) is 3.18. The van der Waals surface area contributed by atoms with E-state index in [0.717, 1.165) is 19.5 Å². The van der Waals surface area contributed by atoms with Crippen LogP contribution in [0.4, 0.5) is 4.39 Å². The predicted octanol–water partition coefficient (Wildman–Crippen LogP) is 0.556. The lowest BCUT2D eigenvalue weighted by Crippen LogP contribution is -2.42. The van der Waals surface area contributed by atoms with E-state index in [9.17, 15) is 9.18 Å². The molecule has 1 atom stereocenters. The van der Waals surface area contributed by atoms with Gasteiger partial charge in [0.1, 0.15) is 6.17 Å². The lowest BCUT2D eigenvalue weighted by molar-refractivity contribution is -0.136. The number of halogens is 1. The maximum Gasteiger partial charge on any atom is 0.227 e. The molecular weight excluding hydrogens is 183 g/mol. The van der Waals surface area contributed by atoms with Crippen LogP contribution in [0.1, 0.15) is 19.3 Å². The Morgan fingerprint density at radius 1 is 1.29 bits per heavy atom. The van der Waals surface area contributed by atoms with Crippen molar-refractivity contribution < 1.29 is 9.18 Å². The minimum absolute atomic E-state index is 0.145. The lowest BCUT2D eigenvalue weighted by atomic mass is 10.0. The van der Waals surface area contributed by atoms with E-state index in [4.69, 9.17) is 0 Å². The third-order valence-corrected chi connectivity index (χ3v) is 3.15. The van der Waals surface area contributed by atoms with Crippen molar-refractivity contribution in [3.05, 3.63) is 0 Å². The monoisotopic (exact) mass is 200 g/mol. The molecule has 2 fully saturated rings. The van der Waals surface area contributed by atoms with E-state index >= 15 is 0 Å². The Bertz CT molecular complexity index is 208. The molecule has 80 valence electrons. The van der Waals surface area contributed by atoms with Crippen LogP contribution in [0.2, 0.25) is 0 Å². The molecule has 4 heteroatoms. The minimum Gasteiger partial charge on any atom is -0.342 e. The number of amides is 1. The van der Waals surface area contributed by atoms with E-state index in [0.29, 0.717) is 25.9 Å². The first-order chi connectivity index (χ1) is 6.77. The van der Waals surface area contributed by atoms with Gasteiger partial charge in [0.05, 0.1) is 5.92 Å². The molecule has 0 spiro atoms. The Balaban J connectivity index is 1.85. The van der Waals surface area contributed by atoms with E-state index in [-0.39, 0.29) is 11.8 Å². The summed E-state index contributed by atoms with van der Waals surface area (Å²) in [7, 11) is 0. The molecule has 2 rings (SSSR count). The molecule has 3 nitrogen and oxygen atoms in total. The molecule has 0 bridgehead atoms. The standard InChI is InChI=1S/C10H17FN2O/c11-9-2-5-13(6-3-9)10(14)8-1-4-12-7-8/h8-9,12H,1-7H2. The molecule has 2 saturated heterocycles. The molecule has 1 unspecified atom stereocenters. The number of hydrogen-bond acceptors (Lipinski definition) is 2. The fourth-order valence-corrected chi connectivity index (χ4v) is 2.19. The quantitative estimate of drug-likeness (QED) is 0.670. The average molecular weight is 200 g/mol. The van der Waals surface area contributed by atoms with Crippen LogP contribution in [0, 0.1) is 5.92 Å². The summed E-state index contributed by atoms with van der Waals surface area (Å²) in [6.07, 6.45) is 1.28. The first-order valence-electron chi connectivity index (χ1n) is 5.41. The maximum absolute atomic E-state index is 12.8. The summed E-state index contributed by atoms with van der Waals surface area (Å²) in [6, 6.07) is 0. The van der Waals surface area contributed by atoms with Crippen molar-refractivity contribution in [2.24, 2.45) is 5.92 Å². The third-order valence-electron chi connectivity index (χ3n) is 3.15. The van der Waals surface area contributed by atoms with Crippen molar-refractivity contribution >= 4 is 5.91 Å². The third kappa shape index (κ3) is 2.05. The molecule has 2 aliphatic rings. The van der Waals surface area contributed by atoms with Crippen molar-refractivity contribution in [1.29, 1.82) is 0 Å². The highest BCUT2D eigenvalue weighted by atomic mass is 19.1. The van der Waals surface area contributed by atoms with Crippen molar-refractivity contribution in [3.8, 4) is 0 Å². The average Bonchev–Trinajstić information content (AvgIpc) is 2.71. The van der Waals surface area contributed by atoms with Crippen molar-refractivity contribution in [2.75, 3.05) is 26.2 Å². The number of piperidine rings is 1. The smallest absolute Gasteiger partial charge is 0.227 e. The maximum atomic E-state index is 12.8. The fourth-order valence-electron chi connectivity index (χ4n) is 2.19. The van der Waals surface area contributed by atoms with Crippen LogP contribution in [0.25, 0.3) is 0 Å². The van der Waals surface area contributed by atoms with Gasteiger partial charge < -0.3 is 10.2 Å². The lowest BCUT2D eigenvalue weighted by Gasteiger charge is -2.30. The number of nitrogens with one attached hydrogen (secondary N) is 1. The van der Waals surface area contributed by atoms with Crippen molar-refractivity contribution in [2.45, 2.75) is 25.4 Å². The van der Waals surface area contributed by atoms with Gasteiger partial charge in [-0.15, -0.1) is 0 Å². The Morgan fingerprint density at radius 2 is 2.00 bits per heavy atom. The molecule has 2 heterocycles. The molecule has 1 N–H and O–H groups in total. The molecule has 0 radical (unpaired) electrons. The van der Waals surface area contributed by atoms with Gasteiger partial charge in [-0.1, -0.05) is 0 Å². The number of likely N-dealkylation sites (tertiary alicyclic amines) is 1. The largest absolute Gasteiger partial charge is 0.342 e. The zero-order valence-corrected chi connectivity index (χ0v) is 8.34. The summed E-state index contributed by atoms with van der Waals surface area (Å²) in [6.45, 7) is 2.96. The van der Waals surface area contributed by atoms with Gasteiger partial charge in [-0.3, -0.25) is 4.79 Å². The highest BCUT2D eigenvalue weighted by molar-refractivity contribution is 5.79. The van der Waals surface area contributed by atoms with E-state index in [1.54, 1.807) is 0 Å². The summed E-state index contributed by atoms with van der Waals surface area (Å²) in [4.78, 5) is 13.7. The molecular formula is C10H17FN2O. The SMILES string of the molecule is O=C(C1CCNC1)N1CCC(F)CC1. The van der Waals surface area contributed by atoms with Crippen LogP contribution < -0.4 is 5.32 Å². The number of rotatable bonds is 1. The van der Waals surface area contributed by atoms with Gasteiger partial charge >= 0.3 is 0 Å². The van der Waals surface area contributed by atoms with Gasteiger partial charge in [-0.25, -0.2) is 4.39 Å². The molecule has 0 aromatic carbocycles. The summed E-state index contributed by atoms with van der Waals surface area (Å²) in [5.74, 6) is 0.369. The topological polar surface area (TPSA) is 32.3 Å². The first kappa shape index (κ1) is 9.90. The number of carbonyl (C=O) groups excluding carboxylic acids is 1. The fraction of sp³-hybridized carbons (Fsp3) is 0.900. The Morgan fingerprint density at radius 3 is 2.57 bits per heavy atom. The van der Waals surface area contributed by atoms with Crippen molar-refractivity contribution in [1.82, 2.24) is 10.2 Å². The Labute approximate surface area is 83.6 Å². The molecule has 2 aliphatic heterocycles. The van der Waals surface area contributed by atoms with Crippen LogP contribution >= 0.6 is 0 Å². The van der Waals surface area contributed by atoms with Crippen LogP contribution in [0.5, 0.6) is 0 Å². The molecule has 0 aliphatic carbocycles. The van der Waals surface area contributed by atoms with Crippen LogP contribution in [-0.2, 0) is 4.79 Å². The minimum atomic E-state index is -0.694. The summed E-state index contributed by atoms with van der Waals surface area (Å²) in [5.41, 5.74) is 0. The highest BCUT2D eigenvalue weighted by Crippen LogP contribution is 2.18. The molecule has 14 heavy (non-hydrogen) atoms. The summed E-state index contributed by atoms with van der Waals surface area (Å²) >= 11 is 0. The van der Waals surface area contributed by atoms with Gasteiger partial charge in [-0.05, 0) is 25.8 Å². The normalized spacial score (nSPS) is 29.5. The van der Waals surface area contributed by atoms with E-state index in [1.807, 2.05) is 4.90 Å². The number of nitrogens with zero attached hydrogens (tertiary/aromatic N) is 1. The predicted molar refractivity (Wildman–Crippen MR) is 51.7 cm³/mol. The highest BCUT2D eigenvalue weighted by Gasteiger charge is 2.29. The van der Waals surface area contributed by atoms with Gasteiger partial charge in [0.25, 0.3) is 0 Å². The van der Waals surface area contributed by atoms with Crippen LogP contribution in [0.15, 0.2) is 0 Å². The Kier molecular flexibility index (Phi) is 3.01. The second kappa shape index (κ2) is 4.26. The molecule has 0 aromatic rings. The number of carbonyl (C=O) groups is 1. The zero-order valence-electron chi connectivity index (χ0n) is 8.34. The molecule has 0 saturated carbocycles. The van der Waals surface area contributed by atoms with Gasteiger partial charge in [-0.2, -0.15) is 0 Å². The van der Waals surface area contributed by atoms with Crippen LogP contribution in [-0.4, -0.2) is 43.2 Å². The first-order valence-corrected chi connectivity index (χ1v) is 5.41. The van der Waals surface area contributed by atoms with E-state index in [2.05, 4.69) is 5.32 Å².